The summed E-state index contributed by atoms with van der Waals surface area (Å²) in [5.74, 6) is 2.08. The average molecular weight is 403 g/mol. The monoisotopic (exact) mass is 402 g/mol. The molecule has 6 nitrogen and oxygen atoms in total. The summed E-state index contributed by atoms with van der Waals surface area (Å²) in [7, 11) is 0. The lowest BCUT2D eigenvalue weighted by molar-refractivity contribution is -0.134. The van der Waals surface area contributed by atoms with E-state index in [0.29, 0.717) is 37.4 Å². The van der Waals surface area contributed by atoms with Crippen LogP contribution in [-0.2, 0) is 16.1 Å². The fourth-order valence-corrected chi connectivity index (χ4v) is 5.11. The van der Waals surface area contributed by atoms with Gasteiger partial charge in [0.1, 0.15) is 12.4 Å². The fourth-order valence-electron chi connectivity index (χ4n) is 5.11. The Kier molecular flexibility index (Phi) is 7.06. The van der Waals surface area contributed by atoms with E-state index < -0.39 is 0 Å². The van der Waals surface area contributed by atoms with Crippen LogP contribution in [0.2, 0.25) is 0 Å². The number of rotatable bonds is 7. The third kappa shape index (κ3) is 5.50. The lowest BCUT2D eigenvalue weighted by Crippen LogP contribution is -2.46. The van der Waals surface area contributed by atoms with Crippen LogP contribution in [0.5, 0.6) is 5.75 Å². The molecule has 3 fully saturated rings. The van der Waals surface area contributed by atoms with Crippen molar-refractivity contribution < 1.29 is 19.4 Å². The molecule has 1 aromatic rings. The highest BCUT2D eigenvalue weighted by molar-refractivity contribution is 5.77. The first-order valence-corrected chi connectivity index (χ1v) is 11.1. The van der Waals surface area contributed by atoms with Crippen LogP contribution >= 0.6 is 0 Å². The molecule has 6 heteroatoms. The minimum absolute atomic E-state index is 0.0183. The number of aliphatic hydroxyl groups excluding tert-OH is 1. The van der Waals surface area contributed by atoms with Gasteiger partial charge in [-0.25, -0.2) is 0 Å². The van der Waals surface area contributed by atoms with Gasteiger partial charge in [-0.2, -0.15) is 0 Å². The van der Waals surface area contributed by atoms with Crippen molar-refractivity contribution in [3.05, 3.63) is 29.8 Å². The van der Waals surface area contributed by atoms with Gasteiger partial charge in [0.05, 0.1) is 25.9 Å². The van der Waals surface area contributed by atoms with E-state index in [4.69, 9.17) is 14.6 Å². The molecule has 160 valence electrons. The molecule has 2 saturated heterocycles. The van der Waals surface area contributed by atoms with Crippen molar-refractivity contribution in [1.82, 2.24) is 9.80 Å². The van der Waals surface area contributed by atoms with Gasteiger partial charge in [-0.3, -0.25) is 9.69 Å². The highest BCUT2D eigenvalue weighted by Gasteiger charge is 2.36. The molecular formula is C23H34N2O4. The van der Waals surface area contributed by atoms with Crippen molar-refractivity contribution in [3.63, 3.8) is 0 Å². The van der Waals surface area contributed by atoms with Gasteiger partial charge in [0.25, 0.3) is 0 Å². The van der Waals surface area contributed by atoms with Gasteiger partial charge < -0.3 is 19.5 Å². The predicted molar refractivity (Wildman–Crippen MR) is 111 cm³/mol. The number of ether oxygens (including phenoxy) is 2. The topological polar surface area (TPSA) is 62.2 Å². The molecular weight excluding hydrogens is 368 g/mol. The van der Waals surface area contributed by atoms with Crippen molar-refractivity contribution in [1.29, 1.82) is 0 Å². The number of fused-ring (bicyclic) bond motifs is 3. The van der Waals surface area contributed by atoms with Crippen LogP contribution in [-0.4, -0.2) is 72.9 Å². The molecule has 2 bridgehead atoms. The molecule has 1 aliphatic carbocycles. The van der Waals surface area contributed by atoms with Gasteiger partial charge in [0.2, 0.25) is 5.91 Å². The van der Waals surface area contributed by atoms with Crippen molar-refractivity contribution in [3.8, 4) is 5.75 Å². The first-order chi connectivity index (χ1) is 14.2. The van der Waals surface area contributed by atoms with E-state index in [1.807, 2.05) is 12.1 Å². The van der Waals surface area contributed by atoms with Crippen LogP contribution in [0.25, 0.3) is 0 Å². The number of benzene rings is 1. The maximum absolute atomic E-state index is 13.1. The van der Waals surface area contributed by atoms with E-state index in [1.54, 1.807) is 0 Å². The largest absolute Gasteiger partial charge is 0.491 e. The summed E-state index contributed by atoms with van der Waals surface area (Å²) in [6, 6.07) is 8.24. The molecule has 2 atom stereocenters. The lowest BCUT2D eigenvalue weighted by atomic mass is 10.0. The molecule has 0 spiro atoms. The summed E-state index contributed by atoms with van der Waals surface area (Å²) in [6.07, 6.45) is 5.70. The number of carbonyl (C=O) groups excluding carboxylic acids is 1. The molecule has 29 heavy (non-hydrogen) atoms. The number of aliphatic hydroxyl groups is 1. The van der Waals surface area contributed by atoms with Gasteiger partial charge in [-0.1, -0.05) is 25.0 Å². The van der Waals surface area contributed by atoms with E-state index in [1.165, 1.54) is 31.2 Å². The van der Waals surface area contributed by atoms with Gasteiger partial charge in [-0.05, 0) is 36.5 Å². The first-order valence-electron chi connectivity index (χ1n) is 11.1. The van der Waals surface area contributed by atoms with Crippen molar-refractivity contribution in [2.75, 3.05) is 46.1 Å². The number of hydrogen-bond acceptors (Lipinski definition) is 5. The molecule has 2 heterocycles. The van der Waals surface area contributed by atoms with Crippen LogP contribution < -0.4 is 4.74 Å². The Morgan fingerprint density at radius 2 is 2.03 bits per heavy atom. The van der Waals surface area contributed by atoms with Crippen LogP contribution in [0.1, 0.15) is 37.7 Å². The van der Waals surface area contributed by atoms with Gasteiger partial charge in [0, 0.05) is 38.5 Å². The Labute approximate surface area is 173 Å². The van der Waals surface area contributed by atoms with Crippen LogP contribution in [0.3, 0.4) is 0 Å². The van der Waals surface area contributed by atoms with Crippen molar-refractivity contribution in [2.24, 2.45) is 11.8 Å². The van der Waals surface area contributed by atoms with E-state index in [0.717, 1.165) is 38.5 Å². The Balaban J connectivity index is 1.40. The highest BCUT2D eigenvalue weighted by Crippen LogP contribution is 2.30. The fraction of sp³-hybridized carbons (Fsp3) is 0.696. The second-order valence-electron chi connectivity index (χ2n) is 8.87. The maximum Gasteiger partial charge on any atom is 0.223 e. The average Bonchev–Trinajstić information content (AvgIpc) is 3.05. The zero-order chi connectivity index (χ0) is 20.1. The Hall–Kier alpha value is -1.63. The molecule has 1 aromatic carbocycles. The summed E-state index contributed by atoms with van der Waals surface area (Å²) in [5.41, 5.74) is 1.20. The van der Waals surface area contributed by atoms with Gasteiger partial charge >= 0.3 is 0 Å². The molecule has 0 radical (unpaired) electrons. The molecule has 1 N–H and O–H groups in total. The van der Waals surface area contributed by atoms with E-state index in [2.05, 4.69) is 21.9 Å². The number of amides is 1. The Morgan fingerprint density at radius 3 is 2.86 bits per heavy atom. The normalized spacial score (nSPS) is 25.8. The minimum Gasteiger partial charge on any atom is -0.491 e. The van der Waals surface area contributed by atoms with E-state index >= 15 is 0 Å². The molecule has 2 aliphatic heterocycles. The lowest BCUT2D eigenvalue weighted by Gasteiger charge is -2.32. The smallest absolute Gasteiger partial charge is 0.223 e. The third-order valence-corrected chi connectivity index (χ3v) is 6.47. The number of carbonyl (C=O) groups is 1. The highest BCUT2D eigenvalue weighted by atomic mass is 16.5. The Morgan fingerprint density at radius 1 is 1.17 bits per heavy atom. The zero-order valence-electron chi connectivity index (χ0n) is 17.3. The molecule has 4 rings (SSSR count). The molecule has 3 aliphatic rings. The molecule has 0 aromatic heterocycles. The molecule has 1 amide bonds. The Bertz CT molecular complexity index is 677. The second-order valence-corrected chi connectivity index (χ2v) is 8.87. The SMILES string of the molecule is O=C(CC1CCCC1)N1C[C@H]2COC[C@@H]1CN(Cc1cccc(OCCO)c1)C2. The second kappa shape index (κ2) is 9.92. The zero-order valence-corrected chi connectivity index (χ0v) is 17.3. The summed E-state index contributed by atoms with van der Waals surface area (Å²) in [5, 5.41) is 8.96. The summed E-state index contributed by atoms with van der Waals surface area (Å²) in [4.78, 5) is 17.7. The molecule has 1 saturated carbocycles. The maximum atomic E-state index is 13.1. The summed E-state index contributed by atoms with van der Waals surface area (Å²) >= 11 is 0. The van der Waals surface area contributed by atoms with Gasteiger partial charge in [0.15, 0.2) is 0 Å². The van der Waals surface area contributed by atoms with E-state index in [-0.39, 0.29) is 12.6 Å². The summed E-state index contributed by atoms with van der Waals surface area (Å²) < 4.78 is 11.5. The minimum atomic E-state index is 0.0183. The molecule has 0 unspecified atom stereocenters. The van der Waals surface area contributed by atoms with Crippen LogP contribution in [0, 0.1) is 11.8 Å². The summed E-state index contributed by atoms with van der Waals surface area (Å²) in [6.45, 7) is 5.18. The number of hydrogen-bond donors (Lipinski definition) is 1. The quantitative estimate of drug-likeness (QED) is 0.758. The predicted octanol–water partition coefficient (Wildman–Crippen LogP) is 2.30. The van der Waals surface area contributed by atoms with Crippen LogP contribution in [0.4, 0.5) is 0 Å². The van der Waals surface area contributed by atoms with Crippen molar-refractivity contribution in [2.45, 2.75) is 44.7 Å². The van der Waals surface area contributed by atoms with Gasteiger partial charge in [-0.15, -0.1) is 0 Å². The standard InChI is InChI=1S/C23H34N2O4/c26-8-9-29-22-7-3-6-19(10-22)12-24-13-20-14-25(21(15-24)17-28-16-20)23(27)11-18-4-1-2-5-18/h3,6-7,10,18,20-21,26H,1-2,4-5,8-9,11-17H2/t20-,21-/m0/s1. The first kappa shape index (κ1) is 20.6. The van der Waals surface area contributed by atoms with Crippen molar-refractivity contribution >= 4 is 5.91 Å². The third-order valence-electron chi connectivity index (χ3n) is 6.47. The number of nitrogens with zero attached hydrogens (tertiary/aromatic N) is 2. The van der Waals surface area contributed by atoms with E-state index in [9.17, 15) is 4.79 Å². The van der Waals surface area contributed by atoms with Crippen LogP contribution in [0.15, 0.2) is 24.3 Å².